The van der Waals surface area contributed by atoms with Crippen molar-refractivity contribution in [1.29, 1.82) is 0 Å². The lowest BCUT2D eigenvalue weighted by atomic mass is 9.99. The second-order valence-corrected chi connectivity index (χ2v) is 4.36. The minimum atomic E-state index is -0.196. The van der Waals surface area contributed by atoms with Crippen molar-refractivity contribution in [1.82, 2.24) is 0 Å². The zero-order valence-electron chi connectivity index (χ0n) is 9.52. The maximum absolute atomic E-state index is 7.04. The number of aryl methyl sites for hydroxylation is 1. The topological polar surface area (TPSA) is 4.36 Å². The fraction of sp³-hybridized carbons (Fsp3) is 0.133. The average Bonchev–Trinajstić information content (AvgIpc) is 2.39. The second kappa shape index (κ2) is 5.03. The number of rotatable bonds is 2. The summed E-state index contributed by atoms with van der Waals surface area (Å²) < 4.78 is 0. The van der Waals surface area contributed by atoms with Gasteiger partial charge in [-0.05, 0) is 23.6 Å². The predicted molar refractivity (Wildman–Crippen MR) is 71.6 cm³/mol. The Morgan fingerprint density at radius 2 is 1.82 bits per heavy atom. The van der Waals surface area contributed by atoms with Crippen molar-refractivity contribution >= 4 is 17.3 Å². The van der Waals surface area contributed by atoms with Crippen LogP contribution >= 0.6 is 11.6 Å². The number of alkyl halides is 1. The standard InChI is InChI=1S/C15H12ClN/c1-11-8-9-13(17-2)10-14(11)15(16)12-6-4-3-5-7-12/h3-10,15H,1H3. The minimum Gasteiger partial charge on any atom is -0.238 e. The highest BCUT2D eigenvalue weighted by atomic mass is 35.5. The van der Waals surface area contributed by atoms with E-state index < -0.39 is 0 Å². The highest BCUT2D eigenvalue weighted by Gasteiger charge is 2.13. The highest BCUT2D eigenvalue weighted by Crippen LogP contribution is 2.33. The lowest BCUT2D eigenvalue weighted by molar-refractivity contribution is 1.11. The van der Waals surface area contributed by atoms with E-state index in [1.54, 1.807) is 0 Å². The van der Waals surface area contributed by atoms with Crippen LogP contribution in [0.15, 0.2) is 48.5 Å². The maximum Gasteiger partial charge on any atom is 0.187 e. The lowest BCUT2D eigenvalue weighted by Gasteiger charge is -2.13. The third-order valence-corrected chi connectivity index (χ3v) is 3.24. The molecule has 0 aliphatic rings. The molecule has 1 atom stereocenters. The molecular formula is C15H12ClN. The van der Waals surface area contributed by atoms with Crippen LogP contribution in [0.4, 0.5) is 5.69 Å². The Morgan fingerprint density at radius 1 is 1.12 bits per heavy atom. The monoisotopic (exact) mass is 241 g/mol. The highest BCUT2D eigenvalue weighted by molar-refractivity contribution is 6.22. The number of hydrogen-bond donors (Lipinski definition) is 0. The molecule has 0 N–H and O–H groups in total. The van der Waals surface area contributed by atoms with E-state index in [9.17, 15) is 0 Å². The molecule has 0 aliphatic carbocycles. The quantitative estimate of drug-likeness (QED) is 0.522. The van der Waals surface area contributed by atoms with Gasteiger partial charge in [-0.15, -0.1) is 11.6 Å². The van der Waals surface area contributed by atoms with E-state index >= 15 is 0 Å². The molecule has 0 radical (unpaired) electrons. The third kappa shape index (κ3) is 2.49. The largest absolute Gasteiger partial charge is 0.238 e. The van der Waals surface area contributed by atoms with Gasteiger partial charge in [-0.25, -0.2) is 4.85 Å². The third-order valence-electron chi connectivity index (χ3n) is 2.76. The van der Waals surface area contributed by atoms with Gasteiger partial charge in [-0.2, -0.15) is 0 Å². The molecule has 1 unspecified atom stereocenters. The molecule has 0 amide bonds. The molecule has 2 heteroatoms. The molecule has 0 bridgehead atoms. The Bertz CT molecular complexity index is 555. The Kier molecular flexibility index (Phi) is 3.46. The van der Waals surface area contributed by atoms with Gasteiger partial charge in [-0.1, -0.05) is 48.5 Å². The Labute approximate surface area is 106 Å². The van der Waals surface area contributed by atoms with E-state index in [1.165, 1.54) is 0 Å². The van der Waals surface area contributed by atoms with Gasteiger partial charge < -0.3 is 0 Å². The molecule has 0 aromatic heterocycles. The van der Waals surface area contributed by atoms with Crippen LogP contribution in [0.3, 0.4) is 0 Å². The van der Waals surface area contributed by atoms with Crippen molar-refractivity contribution in [2.75, 3.05) is 0 Å². The molecule has 17 heavy (non-hydrogen) atoms. The summed E-state index contributed by atoms with van der Waals surface area (Å²) in [5, 5.41) is -0.196. The van der Waals surface area contributed by atoms with E-state index in [-0.39, 0.29) is 5.38 Å². The van der Waals surface area contributed by atoms with Gasteiger partial charge in [0.1, 0.15) is 0 Å². The summed E-state index contributed by atoms with van der Waals surface area (Å²) >= 11 is 6.46. The molecule has 0 fully saturated rings. The summed E-state index contributed by atoms with van der Waals surface area (Å²) in [6.45, 7) is 9.05. The van der Waals surface area contributed by atoms with E-state index in [4.69, 9.17) is 18.2 Å². The second-order valence-electron chi connectivity index (χ2n) is 3.93. The summed E-state index contributed by atoms with van der Waals surface area (Å²) in [6.07, 6.45) is 0. The van der Waals surface area contributed by atoms with Crippen LogP contribution in [0.25, 0.3) is 4.85 Å². The van der Waals surface area contributed by atoms with Crippen molar-refractivity contribution < 1.29 is 0 Å². The van der Waals surface area contributed by atoms with Gasteiger partial charge in [0.05, 0.1) is 11.9 Å². The lowest BCUT2D eigenvalue weighted by Crippen LogP contribution is -1.95. The summed E-state index contributed by atoms with van der Waals surface area (Å²) in [7, 11) is 0. The fourth-order valence-corrected chi connectivity index (χ4v) is 2.15. The van der Waals surface area contributed by atoms with E-state index in [0.717, 1.165) is 16.7 Å². The van der Waals surface area contributed by atoms with Crippen LogP contribution in [0.5, 0.6) is 0 Å². The molecular weight excluding hydrogens is 230 g/mol. The molecule has 84 valence electrons. The van der Waals surface area contributed by atoms with Gasteiger partial charge in [0.15, 0.2) is 5.69 Å². The fourth-order valence-electron chi connectivity index (χ4n) is 1.77. The molecule has 0 aliphatic heterocycles. The van der Waals surface area contributed by atoms with Gasteiger partial charge in [0.2, 0.25) is 0 Å². The van der Waals surface area contributed by atoms with E-state index in [1.807, 2.05) is 55.5 Å². The predicted octanol–water partition coefficient (Wildman–Crippen LogP) is 4.87. The van der Waals surface area contributed by atoms with Crippen molar-refractivity contribution in [3.63, 3.8) is 0 Å². The minimum absolute atomic E-state index is 0.196. The van der Waals surface area contributed by atoms with Crippen LogP contribution in [-0.4, -0.2) is 0 Å². The van der Waals surface area contributed by atoms with Crippen molar-refractivity contribution in [3.05, 3.63) is 76.6 Å². The maximum atomic E-state index is 7.04. The van der Waals surface area contributed by atoms with Crippen LogP contribution in [0.2, 0.25) is 0 Å². The van der Waals surface area contributed by atoms with Gasteiger partial charge in [-0.3, -0.25) is 0 Å². The average molecular weight is 242 g/mol. The Morgan fingerprint density at radius 3 is 2.47 bits per heavy atom. The normalized spacial score (nSPS) is 11.8. The molecule has 2 aromatic carbocycles. The first-order chi connectivity index (χ1) is 8.22. The van der Waals surface area contributed by atoms with Crippen molar-refractivity contribution in [2.24, 2.45) is 0 Å². The van der Waals surface area contributed by atoms with Crippen LogP contribution in [-0.2, 0) is 0 Å². The SMILES string of the molecule is [C-]#[N+]c1ccc(C)c(C(Cl)c2ccccc2)c1. The first kappa shape index (κ1) is 11.7. The van der Waals surface area contributed by atoms with Crippen molar-refractivity contribution in [3.8, 4) is 0 Å². The van der Waals surface area contributed by atoms with E-state index in [2.05, 4.69) is 4.85 Å². The number of hydrogen-bond acceptors (Lipinski definition) is 0. The van der Waals surface area contributed by atoms with E-state index in [0.29, 0.717) is 5.69 Å². The Hall–Kier alpha value is -1.78. The van der Waals surface area contributed by atoms with Gasteiger partial charge in [0.25, 0.3) is 0 Å². The molecule has 0 spiro atoms. The summed E-state index contributed by atoms with van der Waals surface area (Å²) in [6, 6.07) is 15.5. The summed E-state index contributed by atoms with van der Waals surface area (Å²) in [5.74, 6) is 0. The summed E-state index contributed by atoms with van der Waals surface area (Å²) in [5.41, 5.74) is 3.80. The van der Waals surface area contributed by atoms with Gasteiger partial charge in [0, 0.05) is 0 Å². The summed E-state index contributed by atoms with van der Waals surface area (Å²) in [4.78, 5) is 3.44. The molecule has 2 rings (SSSR count). The van der Waals surface area contributed by atoms with Crippen molar-refractivity contribution in [2.45, 2.75) is 12.3 Å². The van der Waals surface area contributed by atoms with Crippen LogP contribution in [0.1, 0.15) is 22.1 Å². The smallest absolute Gasteiger partial charge is 0.187 e. The molecule has 0 saturated carbocycles. The van der Waals surface area contributed by atoms with Crippen LogP contribution in [0, 0.1) is 13.5 Å². The number of benzene rings is 2. The first-order valence-electron chi connectivity index (χ1n) is 5.39. The Balaban J connectivity index is 2.44. The first-order valence-corrected chi connectivity index (χ1v) is 5.83. The number of nitrogens with zero attached hydrogens (tertiary/aromatic N) is 1. The number of halogens is 1. The van der Waals surface area contributed by atoms with Gasteiger partial charge >= 0.3 is 0 Å². The molecule has 0 saturated heterocycles. The molecule has 2 aromatic rings. The zero-order chi connectivity index (χ0) is 12.3. The van der Waals surface area contributed by atoms with Crippen LogP contribution < -0.4 is 0 Å². The molecule has 1 nitrogen and oxygen atoms in total. The molecule has 0 heterocycles. The zero-order valence-corrected chi connectivity index (χ0v) is 10.3.